The number of methoxy groups -OCH3 is 1. The maximum Gasteiger partial charge on any atom is 0.311 e. The van der Waals surface area contributed by atoms with Gasteiger partial charge in [0.05, 0.1) is 16.9 Å². The Balaban J connectivity index is 2.49. The van der Waals surface area contributed by atoms with Gasteiger partial charge in [-0.05, 0) is 17.8 Å². The molecule has 98 valence electrons. The molecule has 0 saturated carbocycles. The molecule has 2 amide bonds. The van der Waals surface area contributed by atoms with Crippen molar-refractivity contribution < 1.29 is 19.2 Å². The van der Waals surface area contributed by atoms with Crippen LogP contribution in [0.5, 0.6) is 5.75 Å². The molecule has 1 saturated heterocycles. The quantitative estimate of drug-likeness (QED) is 0.516. The standard InChI is InChI=1S/C11H8N2O5S/c1-18-9-6(3-2-4-7(9)13(16)17)5-8-10(14)12-11(15)19-8/h2-5H,1H3,(H,12,14,15)/b8-5-. The van der Waals surface area contributed by atoms with Crippen molar-refractivity contribution in [2.24, 2.45) is 0 Å². The Hall–Kier alpha value is -2.35. The molecule has 0 bridgehead atoms. The van der Waals surface area contributed by atoms with Crippen LogP contribution < -0.4 is 10.1 Å². The molecule has 0 unspecified atom stereocenters. The third-order valence-corrected chi connectivity index (χ3v) is 3.16. The Kier molecular flexibility index (Phi) is 3.52. The third kappa shape index (κ3) is 2.58. The van der Waals surface area contributed by atoms with Crippen molar-refractivity contribution in [3.63, 3.8) is 0 Å². The zero-order valence-corrected chi connectivity index (χ0v) is 10.5. The van der Waals surface area contributed by atoms with Crippen LogP contribution in [0.2, 0.25) is 0 Å². The number of benzene rings is 1. The van der Waals surface area contributed by atoms with Gasteiger partial charge in [-0.2, -0.15) is 0 Å². The normalized spacial score (nSPS) is 16.6. The average Bonchev–Trinajstić information content (AvgIpc) is 2.67. The first kappa shape index (κ1) is 13.1. The molecule has 0 atom stereocenters. The van der Waals surface area contributed by atoms with E-state index < -0.39 is 16.1 Å². The van der Waals surface area contributed by atoms with E-state index in [1.165, 1.54) is 25.3 Å². The Labute approximate surface area is 111 Å². The minimum Gasteiger partial charge on any atom is -0.490 e. The molecule has 1 heterocycles. The summed E-state index contributed by atoms with van der Waals surface area (Å²) < 4.78 is 5.00. The number of carbonyl (C=O) groups is 2. The van der Waals surface area contributed by atoms with Crippen molar-refractivity contribution in [2.75, 3.05) is 7.11 Å². The summed E-state index contributed by atoms with van der Waals surface area (Å²) in [6, 6.07) is 4.34. The molecular formula is C11H8N2O5S. The molecule has 19 heavy (non-hydrogen) atoms. The Morgan fingerprint density at radius 2 is 2.16 bits per heavy atom. The molecule has 7 nitrogen and oxygen atoms in total. The fourth-order valence-corrected chi connectivity index (χ4v) is 2.26. The van der Waals surface area contributed by atoms with Crippen LogP contribution in [0, 0.1) is 10.1 Å². The largest absolute Gasteiger partial charge is 0.490 e. The molecule has 0 aliphatic carbocycles. The zero-order chi connectivity index (χ0) is 14.0. The highest BCUT2D eigenvalue weighted by molar-refractivity contribution is 8.18. The number of nitro groups is 1. The van der Waals surface area contributed by atoms with Gasteiger partial charge in [0.2, 0.25) is 5.75 Å². The lowest BCUT2D eigenvalue weighted by Crippen LogP contribution is -2.17. The lowest BCUT2D eigenvalue weighted by atomic mass is 10.1. The SMILES string of the molecule is COc1c(/C=C2\SC(=O)NC2=O)cccc1[N+](=O)[O-]. The van der Waals surface area contributed by atoms with Crippen LogP contribution in [0.1, 0.15) is 5.56 Å². The summed E-state index contributed by atoms with van der Waals surface area (Å²) in [5.41, 5.74) is 0.163. The van der Waals surface area contributed by atoms with Crippen molar-refractivity contribution in [2.45, 2.75) is 0 Å². The monoisotopic (exact) mass is 280 g/mol. The van der Waals surface area contributed by atoms with E-state index >= 15 is 0 Å². The van der Waals surface area contributed by atoms with E-state index in [1.54, 1.807) is 6.07 Å². The molecule has 1 fully saturated rings. The first-order valence-electron chi connectivity index (χ1n) is 5.09. The zero-order valence-electron chi connectivity index (χ0n) is 9.71. The second-order valence-electron chi connectivity index (χ2n) is 3.51. The van der Waals surface area contributed by atoms with Gasteiger partial charge in [0, 0.05) is 11.6 Å². The Bertz CT molecular complexity index is 611. The van der Waals surface area contributed by atoms with E-state index in [9.17, 15) is 19.7 Å². The van der Waals surface area contributed by atoms with Crippen LogP contribution in [0.15, 0.2) is 23.1 Å². The number of carbonyl (C=O) groups excluding carboxylic acids is 2. The predicted octanol–water partition coefficient (Wildman–Crippen LogP) is 1.93. The number of thioether (sulfide) groups is 1. The number of ether oxygens (including phenoxy) is 1. The highest BCUT2D eigenvalue weighted by atomic mass is 32.2. The van der Waals surface area contributed by atoms with E-state index in [2.05, 4.69) is 5.32 Å². The predicted molar refractivity (Wildman–Crippen MR) is 68.8 cm³/mol. The van der Waals surface area contributed by atoms with E-state index in [4.69, 9.17) is 4.74 Å². The van der Waals surface area contributed by atoms with E-state index in [0.717, 1.165) is 11.8 Å². The summed E-state index contributed by atoms with van der Waals surface area (Å²) >= 11 is 0.738. The van der Waals surface area contributed by atoms with Gasteiger partial charge in [0.25, 0.3) is 11.1 Å². The number of nitrogens with zero attached hydrogens (tertiary/aromatic N) is 1. The van der Waals surface area contributed by atoms with Crippen molar-refractivity contribution >= 4 is 34.7 Å². The number of amides is 2. The van der Waals surface area contributed by atoms with Crippen LogP contribution >= 0.6 is 11.8 Å². The maximum atomic E-state index is 11.4. The van der Waals surface area contributed by atoms with Gasteiger partial charge in [-0.1, -0.05) is 12.1 Å². The molecule has 0 aromatic heterocycles. The molecular weight excluding hydrogens is 272 g/mol. The van der Waals surface area contributed by atoms with Crippen LogP contribution in [0.4, 0.5) is 10.5 Å². The van der Waals surface area contributed by atoms with E-state index in [0.29, 0.717) is 5.56 Å². The van der Waals surface area contributed by atoms with Crippen LogP contribution in [0.3, 0.4) is 0 Å². The van der Waals surface area contributed by atoms with Gasteiger partial charge in [0.15, 0.2) is 0 Å². The molecule has 8 heteroatoms. The molecule has 1 N–H and O–H groups in total. The highest BCUT2D eigenvalue weighted by Crippen LogP contribution is 2.34. The van der Waals surface area contributed by atoms with Gasteiger partial charge >= 0.3 is 5.69 Å². The fraction of sp³-hybridized carbons (Fsp3) is 0.0909. The van der Waals surface area contributed by atoms with Crippen LogP contribution in [0.25, 0.3) is 6.08 Å². The summed E-state index contributed by atoms with van der Waals surface area (Å²) in [5.74, 6) is -0.476. The minimum atomic E-state index is -0.576. The number of hydrogen-bond acceptors (Lipinski definition) is 6. The third-order valence-electron chi connectivity index (χ3n) is 2.35. The Morgan fingerprint density at radius 3 is 2.68 bits per heavy atom. The van der Waals surface area contributed by atoms with Gasteiger partial charge in [0.1, 0.15) is 0 Å². The molecule has 0 spiro atoms. The van der Waals surface area contributed by atoms with Crippen LogP contribution in [-0.2, 0) is 4.79 Å². The lowest BCUT2D eigenvalue weighted by molar-refractivity contribution is -0.385. The molecule has 2 rings (SSSR count). The number of rotatable bonds is 3. The van der Waals surface area contributed by atoms with Gasteiger partial charge < -0.3 is 4.74 Å². The first-order valence-corrected chi connectivity index (χ1v) is 5.91. The molecule has 1 aliphatic heterocycles. The summed E-state index contributed by atoms with van der Waals surface area (Å²) in [6.45, 7) is 0. The fourth-order valence-electron chi connectivity index (χ4n) is 1.58. The number of para-hydroxylation sites is 1. The van der Waals surface area contributed by atoms with Crippen molar-refractivity contribution in [3.8, 4) is 5.75 Å². The summed E-state index contributed by atoms with van der Waals surface area (Å²) in [5, 5.41) is 12.5. The summed E-state index contributed by atoms with van der Waals surface area (Å²) in [7, 11) is 1.30. The number of nitro benzene ring substituents is 1. The second-order valence-corrected chi connectivity index (χ2v) is 4.52. The molecule has 1 aliphatic rings. The molecule has 1 aromatic rings. The van der Waals surface area contributed by atoms with E-state index in [-0.39, 0.29) is 16.3 Å². The summed E-state index contributed by atoms with van der Waals surface area (Å²) in [4.78, 5) is 32.9. The highest BCUT2D eigenvalue weighted by Gasteiger charge is 2.26. The number of hydrogen-bond donors (Lipinski definition) is 1. The Morgan fingerprint density at radius 1 is 1.42 bits per heavy atom. The number of nitrogens with one attached hydrogen (secondary N) is 1. The smallest absolute Gasteiger partial charge is 0.311 e. The van der Waals surface area contributed by atoms with E-state index in [1.807, 2.05) is 0 Å². The maximum absolute atomic E-state index is 11.4. The topological polar surface area (TPSA) is 98.5 Å². The average molecular weight is 280 g/mol. The van der Waals surface area contributed by atoms with Gasteiger partial charge in [-0.3, -0.25) is 25.0 Å². The first-order chi connectivity index (χ1) is 9.02. The lowest BCUT2D eigenvalue weighted by Gasteiger charge is -2.05. The summed E-state index contributed by atoms with van der Waals surface area (Å²) in [6.07, 6.45) is 1.39. The van der Waals surface area contributed by atoms with Crippen molar-refractivity contribution in [3.05, 3.63) is 38.8 Å². The van der Waals surface area contributed by atoms with Crippen molar-refractivity contribution in [1.82, 2.24) is 5.32 Å². The van der Waals surface area contributed by atoms with Gasteiger partial charge in [-0.15, -0.1) is 0 Å². The van der Waals surface area contributed by atoms with Crippen molar-refractivity contribution in [1.29, 1.82) is 0 Å². The van der Waals surface area contributed by atoms with Crippen LogP contribution in [-0.4, -0.2) is 23.2 Å². The number of imide groups is 1. The molecule has 0 radical (unpaired) electrons. The second kappa shape index (κ2) is 5.11. The molecule has 1 aromatic carbocycles. The minimum absolute atomic E-state index is 0.0488. The van der Waals surface area contributed by atoms with Gasteiger partial charge in [-0.25, -0.2) is 0 Å².